The van der Waals surface area contributed by atoms with Gasteiger partial charge in [-0.05, 0) is 131 Å². The van der Waals surface area contributed by atoms with E-state index in [2.05, 4.69) is 86.1 Å². The molecule has 0 saturated heterocycles. The van der Waals surface area contributed by atoms with Crippen LogP contribution in [-0.2, 0) is 54.3 Å². The van der Waals surface area contributed by atoms with Gasteiger partial charge in [-0.2, -0.15) is 0 Å². The molecule has 3 unspecified atom stereocenters. The molecule has 0 fully saturated rings. The lowest BCUT2D eigenvalue weighted by atomic mass is 9.77. The van der Waals surface area contributed by atoms with Gasteiger partial charge in [-0.15, -0.1) is 0 Å². The zero-order valence-corrected chi connectivity index (χ0v) is 46.9. The van der Waals surface area contributed by atoms with E-state index in [1.54, 1.807) is 17.0 Å². The summed E-state index contributed by atoms with van der Waals surface area (Å²) in [5.74, 6) is 0.375. The number of hydrogen-bond acceptors (Lipinski definition) is 10. The molecule has 3 aliphatic rings. The first kappa shape index (κ1) is 55.9. The molecule has 6 aromatic rings. The Kier molecular flexibility index (Phi) is 17.8. The van der Waals surface area contributed by atoms with Crippen molar-refractivity contribution in [1.29, 1.82) is 0 Å². The number of aryl methyl sites for hydroxylation is 1. The molecule has 1 aromatic heterocycles. The zero-order chi connectivity index (χ0) is 55.0. The van der Waals surface area contributed by atoms with Crippen molar-refractivity contribution in [2.24, 2.45) is 0 Å². The Hall–Kier alpha value is -6.82. The van der Waals surface area contributed by atoms with Gasteiger partial charge >= 0.3 is 0 Å². The summed E-state index contributed by atoms with van der Waals surface area (Å²) in [7, 11) is -2.02. The van der Waals surface area contributed by atoms with Gasteiger partial charge in [0.1, 0.15) is 23.6 Å². The van der Waals surface area contributed by atoms with Crippen LogP contribution in [0.1, 0.15) is 92.3 Å². The summed E-state index contributed by atoms with van der Waals surface area (Å²) in [4.78, 5) is 55.3. The van der Waals surface area contributed by atoms with Crippen LogP contribution >= 0.6 is 0 Å². The number of hydrogen-bond donors (Lipinski definition) is 4. The van der Waals surface area contributed by atoms with Crippen LogP contribution in [0.4, 0.5) is 5.69 Å². The Bertz CT molecular complexity index is 3250. The van der Waals surface area contributed by atoms with E-state index in [4.69, 9.17) is 9.47 Å². The lowest BCUT2D eigenvalue weighted by molar-refractivity contribution is -0.137. The summed E-state index contributed by atoms with van der Waals surface area (Å²) in [5, 5.41) is 7.09. The number of rotatable bonds is 24. The van der Waals surface area contributed by atoms with Crippen molar-refractivity contribution in [1.82, 2.24) is 35.0 Å². The number of para-hydroxylation sites is 1. The Morgan fingerprint density at radius 2 is 1.54 bits per heavy atom. The second kappa shape index (κ2) is 24.9. The number of unbranched alkanes of at least 4 members (excludes halogenated alkanes) is 1. The molecule has 3 aliphatic heterocycles. The Balaban J connectivity index is 0.900. The summed E-state index contributed by atoms with van der Waals surface area (Å²) in [5.41, 5.74) is 8.03. The second-order valence-electron chi connectivity index (χ2n) is 20.8. The fraction of sp³-hybridized carbons (Fsp3) is 0.403. The number of sulfonamides is 1. The van der Waals surface area contributed by atoms with Crippen molar-refractivity contribution in [3.63, 3.8) is 0 Å². The number of aromatic nitrogens is 1. The molecule has 78 heavy (non-hydrogen) atoms. The lowest BCUT2D eigenvalue weighted by Crippen LogP contribution is -2.56. The summed E-state index contributed by atoms with van der Waals surface area (Å²) in [6.07, 6.45) is 5.72. The number of likely N-dealkylation sites (N-methyl/N-ethyl adjacent to an activating group) is 3. The molecule has 4 heterocycles. The van der Waals surface area contributed by atoms with E-state index in [-0.39, 0.29) is 42.7 Å². The summed E-state index contributed by atoms with van der Waals surface area (Å²) in [6.45, 7) is 16.7. The smallest absolute Gasteiger partial charge is 0.248 e. The highest BCUT2D eigenvalue weighted by atomic mass is 32.2. The molecule has 0 bridgehead atoms. The number of anilines is 1. The highest BCUT2D eigenvalue weighted by Crippen LogP contribution is 2.57. The number of ether oxygens (including phenoxy) is 2. The van der Waals surface area contributed by atoms with Gasteiger partial charge in [0.25, 0.3) is 0 Å². The number of fused-ring (bicyclic) bond motifs is 7. The van der Waals surface area contributed by atoms with E-state index in [0.717, 1.165) is 82.7 Å². The molecule has 9 rings (SSSR count). The third kappa shape index (κ3) is 12.2. The molecule has 5 aromatic carbocycles. The van der Waals surface area contributed by atoms with Gasteiger partial charge < -0.3 is 39.8 Å². The van der Waals surface area contributed by atoms with Crippen LogP contribution in [0.25, 0.3) is 10.9 Å². The van der Waals surface area contributed by atoms with Crippen LogP contribution in [0.3, 0.4) is 0 Å². The number of benzene rings is 5. The van der Waals surface area contributed by atoms with E-state index < -0.39 is 33.6 Å². The Morgan fingerprint density at radius 3 is 2.29 bits per heavy atom. The first-order chi connectivity index (χ1) is 37.7. The van der Waals surface area contributed by atoms with Gasteiger partial charge in [0, 0.05) is 111 Å². The van der Waals surface area contributed by atoms with Gasteiger partial charge in [0.05, 0.1) is 11.5 Å². The monoisotopic (exact) mass is 1080 g/mol. The lowest BCUT2D eigenvalue weighted by Gasteiger charge is -2.38. The molecule has 0 radical (unpaired) electrons. The number of carbonyl (C=O) groups is 3. The first-order valence-corrected chi connectivity index (χ1v) is 29.3. The standard InChI is InChI=1S/C62H76N8O7S/c1-7-68(40-44-19-12-11-13-20-44)33-34-70(10-4)61(73)56(37-46-39-63-54-23-15-14-22-50(46)54)66-60(72)55(65-59(71)45-21-18-32-67(6)41-45)24-16-17-31-64-78(74,75)49-27-30-51-47(36-49)42-76-62(51)52-28-25-43(5)35-57(52)77-58-38-48(26-29-53(58)62)69(8-2)9-3/h11-15,19-23,25-30,35-36,38-39,55-56,63-64H,7-10,16-18,24,31-34,37,40-42H2,1-6H3,(H,65,71)(H,66,72). The number of carbonyl (C=O) groups excluding carboxylic acids is 3. The minimum atomic E-state index is -3.98. The molecule has 15 nitrogen and oxygen atoms in total. The summed E-state index contributed by atoms with van der Waals surface area (Å²) in [6, 6.07) is 33.7. The maximum Gasteiger partial charge on any atom is 0.248 e. The minimum absolute atomic E-state index is 0.0938. The van der Waals surface area contributed by atoms with Crippen molar-refractivity contribution in [2.45, 2.75) is 102 Å². The summed E-state index contributed by atoms with van der Waals surface area (Å²) < 4.78 is 44.3. The second-order valence-corrected chi connectivity index (χ2v) is 22.6. The van der Waals surface area contributed by atoms with Crippen LogP contribution in [0.5, 0.6) is 11.5 Å². The number of amides is 3. The van der Waals surface area contributed by atoms with Crippen molar-refractivity contribution < 1.29 is 32.3 Å². The number of nitrogens with one attached hydrogen (secondary N) is 4. The third-order valence-corrected chi connectivity index (χ3v) is 17.1. The van der Waals surface area contributed by atoms with Crippen LogP contribution < -0.4 is 25.0 Å². The molecular weight excluding hydrogens is 1000 g/mol. The predicted molar refractivity (Wildman–Crippen MR) is 307 cm³/mol. The molecule has 0 aliphatic carbocycles. The first-order valence-electron chi connectivity index (χ1n) is 27.8. The largest absolute Gasteiger partial charge is 0.456 e. The maximum atomic E-state index is 14.8. The molecule has 3 atom stereocenters. The topological polar surface area (TPSA) is 169 Å². The van der Waals surface area contributed by atoms with Gasteiger partial charge in [-0.3, -0.25) is 19.3 Å². The normalized spacial score (nSPS) is 16.7. The molecule has 0 saturated carbocycles. The van der Waals surface area contributed by atoms with Crippen LogP contribution in [0.2, 0.25) is 0 Å². The van der Waals surface area contributed by atoms with Crippen LogP contribution in [-0.4, -0.2) is 124 Å². The highest BCUT2D eigenvalue weighted by Gasteiger charge is 2.50. The van der Waals surface area contributed by atoms with Crippen LogP contribution in [0.15, 0.2) is 132 Å². The van der Waals surface area contributed by atoms with Crippen molar-refractivity contribution in [2.75, 3.05) is 70.9 Å². The van der Waals surface area contributed by atoms with E-state index >= 15 is 0 Å². The fourth-order valence-electron chi connectivity index (χ4n) is 11.3. The van der Waals surface area contributed by atoms with E-state index in [9.17, 15) is 22.8 Å². The molecule has 16 heteroatoms. The Morgan fingerprint density at radius 1 is 0.795 bits per heavy atom. The van der Waals surface area contributed by atoms with Crippen LogP contribution in [0, 0.1) is 6.92 Å². The molecule has 4 N–H and O–H groups in total. The third-order valence-electron chi connectivity index (χ3n) is 15.7. The quantitative estimate of drug-likeness (QED) is 0.0432. The van der Waals surface area contributed by atoms with Gasteiger partial charge in [-0.25, -0.2) is 13.1 Å². The van der Waals surface area contributed by atoms with Gasteiger partial charge in [-0.1, -0.05) is 79.7 Å². The fourth-order valence-corrected chi connectivity index (χ4v) is 12.4. The molecule has 3 amide bonds. The molecular formula is C62H76N8O7S. The minimum Gasteiger partial charge on any atom is -0.456 e. The van der Waals surface area contributed by atoms with E-state index in [0.29, 0.717) is 62.5 Å². The predicted octanol–water partition coefficient (Wildman–Crippen LogP) is 8.54. The van der Waals surface area contributed by atoms with E-state index in [1.165, 1.54) is 5.56 Å². The average Bonchev–Trinajstić information content (AvgIpc) is 4.22. The maximum absolute atomic E-state index is 14.8. The summed E-state index contributed by atoms with van der Waals surface area (Å²) >= 11 is 0. The number of nitrogens with zero attached hydrogens (tertiary/aromatic N) is 4. The van der Waals surface area contributed by atoms with Gasteiger partial charge in [0.2, 0.25) is 27.7 Å². The molecule has 412 valence electrons. The number of aromatic amines is 1. The van der Waals surface area contributed by atoms with Crippen molar-refractivity contribution >= 4 is 44.3 Å². The SMILES string of the molecule is CCN(CCN(CC)C(=O)C(Cc1c[nH]c2ccccc12)NC(=O)C(CCCCNS(=O)(=O)c1ccc2c(c1)COC21c2ccc(C)cc2Oc2cc(N(CC)CC)ccc21)NC(=O)C1=CCCN(C)C1)Cc1ccccc1. The Labute approximate surface area is 460 Å². The highest BCUT2D eigenvalue weighted by molar-refractivity contribution is 7.89. The number of H-pyrrole nitrogens is 1. The van der Waals surface area contributed by atoms with Gasteiger partial charge in [0.15, 0.2) is 5.60 Å². The van der Waals surface area contributed by atoms with Crippen molar-refractivity contribution in [3.05, 3.63) is 166 Å². The molecule has 1 spiro atoms. The van der Waals surface area contributed by atoms with E-state index in [1.807, 2.05) is 99.9 Å². The average molecular weight is 1080 g/mol. The van der Waals surface area contributed by atoms with Crippen molar-refractivity contribution in [3.8, 4) is 11.5 Å². The zero-order valence-electron chi connectivity index (χ0n) is 46.1.